The van der Waals surface area contributed by atoms with Gasteiger partial charge >= 0.3 is 12.1 Å². The molecule has 0 aromatic heterocycles. The Morgan fingerprint density at radius 2 is 1.71 bits per heavy atom. The van der Waals surface area contributed by atoms with Gasteiger partial charge < -0.3 is 14.8 Å². The van der Waals surface area contributed by atoms with Crippen LogP contribution in [0.3, 0.4) is 0 Å². The predicted molar refractivity (Wildman–Crippen MR) is 129 cm³/mol. The highest BCUT2D eigenvalue weighted by Gasteiger charge is 2.61. The standard InChI is InChI=1S/C23H15Cl3N2O6S/c24-13-6-8-16(18(26)10-13)20(29)34-21-23(12-33-22(30)27-23)17-9-7-14(25)11-19(17)28(21)35(31,32)15-4-2-1-3-5-15/h1-11,21H,12H2,(H,27,30)/t21-,23-/m1/s1. The van der Waals surface area contributed by atoms with Crippen LogP contribution in [0, 0.1) is 0 Å². The number of rotatable bonds is 4. The van der Waals surface area contributed by atoms with Crippen molar-refractivity contribution in [2.75, 3.05) is 10.9 Å². The second kappa shape index (κ2) is 8.60. The van der Waals surface area contributed by atoms with Gasteiger partial charge in [-0.05, 0) is 42.5 Å². The van der Waals surface area contributed by atoms with E-state index in [1.165, 1.54) is 36.4 Å². The zero-order chi connectivity index (χ0) is 25.0. The van der Waals surface area contributed by atoms with Crippen LogP contribution in [0.5, 0.6) is 0 Å². The number of carbonyl (C=O) groups excluding carboxylic acids is 2. The van der Waals surface area contributed by atoms with Crippen LogP contribution < -0.4 is 9.62 Å². The van der Waals surface area contributed by atoms with Crippen molar-refractivity contribution in [2.24, 2.45) is 0 Å². The summed E-state index contributed by atoms with van der Waals surface area (Å²) >= 11 is 18.3. The van der Waals surface area contributed by atoms with Crippen LogP contribution in [0.15, 0.2) is 71.6 Å². The summed E-state index contributed by atoms with van der Waals surface area (Å²) in [5.74, 6) is -0.927. The van der Waals surface area contributed by atoms with Crippen molar-refractivity contribution in [1.82, 2.24) is 5.32 Å². The lowest BCUT2D eigenvalue weighted by Gasteiger charge is -2.33. The minimum absolute atomic E-state index is 0.0132. The summed E-state index contributed by atoms with van der Waals surface area (Å²) in [5.41, 5.74) is -1.09. The topological polar surface area (TPSA) is 102 Å². The molecule has 2 aliphatic heterocycles. The number of ether oxygens (including phenoxy) is 2. The largest absolute Gasteiger partial charge is 0.446 e. The second-order valence-electron chi connectivity index (χ2n) is 7.83. The maximum atomic E-state index is 13.9. The molecule has 3 aromatic carbocycles. The number of halogens is 3. The van der Waals surface area contributed by atoms with E-state index in [2.05, 4.69) is 5.32 Å². The summed E-state index contributed by atoms with van der Waals surface area (Å²) in [6.07, 6.45) is -2.36. The minimum atomic E-state index is -4.31. The number of cyclic esters (lactones) is 1. The molecule has 0 aliphatic carbocycles. The number of amides is 1. The Morgan fingerprint density at radius 1 is 1.03 bits per heavy atom. The molecule has 0 bridgehead atoms. The first kappa shape index (κ1) is 23.7. The van der Waals surface area contributed by atoms with Gasteiger partial charge in [0.2, 0.25) is 6.23 Å². The first-order chi connectivity index (χ1) is 16.6. The van der Waals surface area contributed by atoms with E-state index in [-0.39, 0.29) is 32.8 Å². The summed E-state index contributed by atoms with van der Waals surface area (Å²) < 4.78 is 39.6. The number of sulfonamides is 1. The molecule has 1 fully saturated rings. The van der Waals surface area contributed by atoms with Crippen molar-refractivity contribution < 1.29 is 27.5 Å². The number of hydrogen-bond donors (Lipinski definition) is 1. The molecular formula is C23H15Cl3N2O6S. The van der Waals surface area contributed by atoms with Gasteiger partial charge in [-0.25, -0.2) is 22.3 Å². The molecule has 0 unspecified atom stereocenters. The van der Waals surface area contributed by atoms with Crippen molar-refractivity contribution >= 4 is 62.6 Å². The van der Waals surface area contributed by atoms with Crippen molar-refractivity contribution in [1.29, 1.82) is 0 Å². The highest BCUT2D eigenvalue weighted by Crippen LogP contribution is 2.50. The molecule has 3 aromatic rings. The van der Waals surface area contributed by atoms with E-state index in [0.29, 0.717) is 10.6 Å². The van der Waals surface area contributed by atoms with Crippen LogP contribution >= 0.6 is 34.8 Å². The van der Waals surface area contributed by atoms with E-state index in [9.17, 15) is 18.0 Å². The van der Waals surface area contributed by atoms with Gasteiger partial charge in [0.1, 0.15) is 6.61 Å². The van der Waals surface area contributed by atoms with Crippen molar-refractivity contribution in [2.45, 2.75) is 16.7 Å². The number of esters is 1. The Balaban J connectivity index is 1.69. The maximum Gasteiger partial charge on any atom is 0.408 e. The molecule has 2 heterocycles. The quantitative estimate of drug-likeness (QED) is 0.458. The highest BCUT2D eigenvalue weighted by atomic mass is 35.5. The molecule has 2 aliphatic rings. The molecule has 0 radical (unpaired) electrons. The van der Waals surface area contributed by atoms with Crippen LogP contribution in [0.2, 0.25) is 15.1 Å². The van der Waals surface area contributed by atoms with Gasteiger partial charge in [-0.15, -0.1) is 0 Å². The number of alkyl carbamates (subject to hydrolysis) is 1. The number of benzene rings is 3. The summed E-state index contributed by atoms with van der Waals surface area (Å²) in [6.45, 7) is -0.298. The molecule has 1 spiro atoms. The van der Waals surface area contributed by atoms with Crippen molar-refractivity contribution in [3.63, 3.8) is 0 Å². The van der Waals surface area contributed by atoms with Crippen LogP contribution in [0.4, 0.5) is 10.5 Å². The summed E-state index contributed by atoms with van der Waals surface area (Å²) in [6, 6.07) is 16.3. The number of carbonyl (C=O) groups is 2. The molecule has 0 saturated carbocycles. The fourth-order valence-electron chi connectivity index (χ4n) is 4.17. The first-order valence-corrected chi connectivity index (χ1v) is 12.7. The first-order valence-electron chi connectivity index (χ1n) is 10.1. The van der Waals surface area contributed by atoms with Gasteiger partial charge in [-0.3, -0.25) is 0 Å². The van der Waals surface area contributed by atoms with Crippen molar-refractivity contribution in [3.05, 3.63) is 92.9 Å². The van der Waals surface area contributed by atoms with Gasteiger partial charge in [0, 0.05) is 15.6 Å². The third-order valence-corrected chi connectivity index (χ3v) is 8.30. The SMILES string of the molecule is O=C1N[C@]2(CO1)c1ccc(Cl)cc1N(S(=O)(=O)c1ccccc1)[C@@H]2OC(=O)c1ccc(Cl)cc1Cl. The molecule has 35 heavy (non-hydrogen) atoms. The van der Waals surface area contributed by atoms with Gasteiger partial charge in [-0.1, -0.05) is 59.1 Å². The van der Waals surface area contributed by atoms with Crippen molar-refractivity contribution in [3.8, 4) is 0 Å². The molecule has 1 saturated heterocycles. The van der Waals surface area contributed by atoms with Gasteiger partial charge in [0.15, 0.2) is 5.54 Å². The highest BCUT2D eigenvalue weighted by molar-refractivity contribution is 7.92. The van der Waals surface area contributed by atoms with E-state index in [1.54, 1.807) is 30.3 Å². The number of nitrogens with one attached hydrogen (secondary N) is 1. The molecular weight excluding hydrogens is 539 g/mol. The lowest BCUT2D eigenvalue weighted by atomic mass is 9.92. The van der Waals surface area contributed by atoms with E-state index < -0.39 is 33.9 Å². The Labute approximate surface area is 215 Å². The maximum absolute atomic E-state index is 13.9. The van der Waals surface area contributed by atoms with Crippen LogP contribution in [-0.4, -0.2) is 33.3 Å². The van der Waals surface area contributed by atoms with E-state index in [1.807, 2.05) is 0 Å². The fraction of sp³-hybridized carbons (Fsp3) is 0.130. The average molecular weight is 554 g/mol. The third kappa shape index (κ3) is 3.88. The van der Waals surface area contributed by atoms with Gasteiger partial charge in [0.25, 0.3) is 10.0 Å². The number of nitrogens with zero attached hydrogens (tertiary/aromatic N) is 1. The summed E-state index contributed by atoms with van der Waals surface area (Å²) in [4.78, 5) is 25.4. The Bertz CT molecular complexity index is 1470. The Morgan fingerprint density at radius 3 is 2.37 bits per heavy atom. The molecule has 8 nitrogen and oxygen atoms in total. The Hall–Kier alpha value is -2.98. The summed E-state index contributed by atoms with van der Waals surface area (Å²) in [7, 11) is -4.31. The minimum Gasteiger partial charge on any atom is -0.446 e. The predicted octanol–water partition coefficient (Wildman–Crippen LogP) is 4.97. The third-order valence-electron chi connectivity index (χ3n) is 5.74. The number of hydrogen-bond acceptors (Lipinski definition) is 6. The van der Waals surface area contributed by atoms with E-state index >= 15 is 0 Å². The molecule has 5 rings (SSSR count). The molecule has 1 amide bonds. The lowest BCUT2D eigenvalue weighted by Crippen LogP contribution is -2.56. The smallest absolute Gasteiger partial charge is 0.408 e. The number of anilines is 1. The fourth-order valence-corrected chi connectivity index (χ4v) is 6.43. The Kier molecular flexibility index (Phi) is 5.83. The van der Waals surface area contributed by atoms with Gasteiger partial charge in [-0.2, -0.15) is 0 Å². The van der Waals surface area contributed by atoms with Gasteiger partial charge in [0.05, 0.1) is 21.2 Å². The monoisotopic (exact) mass is 552 g/mol. The van der Waals surface area contributed by atoms with E-state index in [4.69, 9.17) is 44.3 Å². The lowest BCUT2D eigenvalue weighted by molar-refractivity contribution is 0.00815. The summed E-state index contributed by atoms with van der Waals surface area (Å²) in [5, 5.41) is 3.20. The number of fused-ring (bicyclic) bond motifs is 2. The van der Waals surface area contributed by atoms with Crippen LogP contribution in [0.1, 0.15) is 15.9 Å². The molecule has 12 heteroatoms. The molecule has 1 N–H and O–H groups in total. The normalized spacial score (nSPS) is 20.9. The van der Waals surface area contributed by atoms with Crippen LogP contribution in [-0.2, 0) is 25.0 Å². The molecule has 180 valence electrons. The zero-order valence-corrected chi connectivity index (χ0v) is 20.7. The van der Waals surface area contributed by atoms with Crippen LogP contribution in [0.25, 0.3) is 0 Å². The van der Waals surface area contributed by atoms with E-state index in [0.717, 1.165) is 4.31 Å². The second-order valence-corrected chi connectivity index (χ2v) is 10.9. The molecule has 2 atom stereocenters. The average Bonchev–Trinajstić information content (AvgIpc) is 3.32. The zero-order valence-electron chi connectivity index (χ0n) is 17.6.